The Bertz CT molecular complexity index is 357. The summed E-state index contributed by atoms with van der Waals surface area (Å²) in [5.41, 5.74) is 1.38. The highest BCUT2D eigenvalue weighted by atomic mass is 79.9. The Morgan fingerprint density at radius 2 is 2.27 bits per heavy atom. The van der Waals surface area contributed by atoms with Gasteiger partial charge in [-0.3, -0.25) is 0 Å². The Kier molecular flexibility index (Phi) is 3.16. The van der Waals surface area contributed by atoms with Crippen molar-refractivity contribution in [3.63, 3.8) is 0 Å². The minimum absolute atomic E-state index is 0.790. The van der Waals surface area contributed by atoms with Gasteiger partial charge in [-0.2, -0.15) is 0 Å². The van der Waals surface area contributed by atoms with Gasteiger partial charge in [0.1, 0.15) is 10.4 Å². The van der Waals surface area contributed by atoms with E-state index in [0.29, 0.717) is 0 Å². The molecule has 0 saturated heterocycles. The van der Waals surface area contributed by atoms with Gasteiger partial charge in [0.05, 0.1) is 12.2 Å². The molecule has 1 aliphatic rings. The lowest BCUT2D eigenvalue weighted by Gasteiger charge is -2.22. The lowest BCUT2D eigenvalue weighted by Crippen LogP contribution is -2.21. The van der Waals surface area contributed by atoms with Gasteiger partial charge in [-0.25, -0.2) is 4.98 Å². The molecule has 15 heavy (non-hydrogen) atoms. The number of imidazole rings is 1. The number of aromatic nitrogens is 2. The Balaban J connectivity index is 2.31. The average Bonchev–Trinajstić information content (AvgIpc) is 2.42. The lowest BCUT2D eigenvalue weighted by molar-refractivity contribution is 0.357. The van der Waals surface area contributed by atoms with Crippen LogP contribution in [-0.4, -0.2) is 28.5 Å². The second-order valence-electron chi connectivity index (χ2n) is 4.75. The normalized spacial score (nSPS) is 20.7. The second-order valence-corrected chi connectivity index (χ2v) is 5.50. The van der Waals surface area contributed by atoms with Gasteiger partial charge in [-0.1, -0.05) is 6.92 Å². The van der Waals surface area contributed by atoms with Crippen LogP contribution in [-0.2, 0) is 19.5 Å². The van der Waals surface area contributed by atoms with Crippen LogP contribution >= 0.6 is 15.9 Å². The summed E-state index contributed by atoms with van der Waals surface area (Å²) in [5.74, 6) is 1.98. The molecule has 0 aliphatic carbocycles. The molecule has 0 bridgehead atoms. The Hall–Kier alpha value is -0.350. The SMILES string of the molecule is CC1CCn2c(CN(C)C)nc(Br)c2C1. The highest BCUT2D eigenvalue weighted by Crippen LogP contribution is 2.27. The molecular weight excluding hydrogens is 254 g/mol. The zero-order valence-corrected chi connectivity index (χ0v) is 11.2. The maximum atomic E-state index is 4.60. The van der Waals surface area contributed by atoms with E-state index in [1.165, 1.54) is 17.9 Å². The molecule has 1 atom stereocenters. The first kappa shape index (κ1) is 11.1. The summed E-state index contributed by atoms with van der Waals surface area (Å²) in [6.45, 7) is 4.36. The number of halogens is 1. The molecule has 0 amide bonds. The van der Waals surface area contributed by atoms with E-state index in [1.54, 1.807) is 0 Å². The van der Waals surface area contributed by atoms with E-state index in [4.69, 9.17) is 0 Å². The summed E-state index contributed by atoms with van der Waals surface area (Å²) in [6.07, 6.45) is 2.43. The Morgan fingerprint density at radius 1 is 1.53 bits per heavy atom. The molecular formula is C11H18BrN3. The molecule has 3 nitrogen and oxygen atoms in total. The van der Waals surface area contributed by atoms with Gasteiger partial charge >= 0.3 is 0 Å². The van der Waals surface area contributed by atoms with Gasteiger partial charge in [0.25, 0.3) is 0 Å². The molecule has 1 unspecified atom stereocenters. The zero-order chi connectivity index (χ0) is 11.0. The predicted octanol–water partition coefficient (Wildman–Crippen LogP) is 2.29. The van der Waals surface area contributed by atoms with Crippen molar-refractivity contribution in [2.75, 3.05) is 14.1 Å². The number of rotatable bonds is 2. The van der Waals surface area contributed by atoms with Crippen LogP contribution in [0.1, 0.15) is 24.9 Å². The van der Waals surface area contributed by atoms with Gasteiger partial charge in [-0.05, 0) is 48.8 Å². The summed E-state index contributed by atoms with van der Waals surface area (Å²) in [7, 11) is 4.17. The molecule has 84 valence electrons. The van der Waals surface area contributed by atoms with E-state index in [2.05, 4.69) is 51.4 Å². The molecule has 0 saturated carbocycles. The van der Waals surface area contributed by atoms with E-state index in [1.807, 2.05) is 0 Å². The van der Waals surface area contributed by atoms with Crippen molar-refractivity contribution in [1.82, 2.24) is 14.5 Å². The highest BCUT2D eigenvalue weighted by molar-refractivity contribution is 9.10. The topological polar surface area (TPSA) is 21.1 Å². The fourth-order valence-electron chi connectivity index (χ4n) is 2.15. The molecule has 1 aliphatic heterocycles. The molecule has 4 heteroatoms. The van der Waals surface area contributed by atoms with Gasteiger partial charge in [0.2, 0.25) is 0 Å². The molecule has 0 spiro atoms. The fourth-order valence-corrected chi connectivity index (χ4v) is 2.73. The molecule has 0 aromatic carbocycles. The van der Waals surface area contributed by atoms with Crippen LogP contribution in [0, 0.1) is 5.92 Å². The van der Waals surface area contributed by atoms with Gasteiger partial charge in [0, 0.05) is 6.54 Å². The molecule has 0 fully saturated rings. The third-order valence-corrected chi connectivity index (χ3v) is 3.58. The molecule has 0 radical (unpaired) electrons. The van der Waals surface area contributed by atoms with E-state index < -0.39 is 0 Å². The highest BCUT2D eigenvalue weighted by Gasteiger charge is 2.22. The number of fused-ring (bicyclic) bond motifs is 1. The molecule has 0 N–H and O–H groups in total. The van der Waals surface area contributed by atoms with Crippen LogP contribution in [0.3, 0.4) is 0 Å². The molecule has 1 aromatic heterocycles. The molecule has 1 aromatic rings. The van der Waals surface area contributed by atoms with Crippen molar-refractivity contribution in [2.45, 2.75) is 32.9 Å². The fraction of sp³-hybridized carbons (Fsp3) is 0.727. The summed E-state index contributed by atoms with van der Waals surface area (Å²) >= 11 is 3.57. The van der Waals surface area contributed by atoms with Crippen molar-refractivity contribution in [1.29, 1.82) is 0 Å². The third-order valence-electron chi connectivity index (χ3n) is 2.95. The maximum absolute atomic E-state index is 4.60. The van der Waals surface area contributed by atoms with Gasteiger partial charge in [0.15, 0.2) is 0 Å². The Labute approximate surface area is 99.6 Å². The second kappa shape index (κ2) is 4.26. The first-order valence-corrected chi connectivity index (χ1v) is 6.25. The summed E-state index contributed by atoms with van der Waals surface area (Å²) < 4.78 is 3.43. The monoisotopic (exact) mass is 271 g/mol. The van der Waals surface area contributed by atoms with Crippen LogP contribution in [0.5, 0.6) is 0 Å². The standard InChI is InChI=1S/C11H18BrN3/c1-8-4-5-15-9(6-8)11(12)13-10(15)7-14(2)3/h8H,4-7H2,1-3H3. The van der Waals surface area contributed by atoms with Crippen molar-refractivity contribution in [2.24, 2.45) is 5.92 Å². The van der Waals surface area contributed by atoms with Gasteiger partial charge in [-0.15, -0.1) is 0 Å². The van der Waals surface area contributed by atoms with Crippen LogP contribution in [0.4, 0.5) is 0 Å². The lowest BCUT2D eigenvalue weighted by atomic mass is 9.99. The Morgan fingerprint density at radius 3 is 2.93 bits per heavy atom. The quantitative estimate of drug-likeness (QED) is 0.823. The van der Waals surface area contributed by atoms with Crippen molar-refractivity contribution >= 4 is 15.9 Å². The van der Waals surface area contributed by atoms with Crippen molar-refractivity contribution in [3.8, 4) is 0 Å². The summed E-state index contributed by atoms with van der Waals surface area (Å²) in [4.78, 5) is 6.77. The maximum Gasteiger partial charge on any atom is 0.127 e. The summed E-state index contributed by atoms with van der Waals surface area (Å²) in [5, 5.41) is 0. The van der Waals surface area contributed by atoms with E-state index in [-0.39, 0.29) is 0 Å². The molecule has 2 heterocycles. The minimum atomic E-state index is 0.790. The number of hydrogen-bond donors (Lipinski definition) is 0. The number of nitrogens with zero attached hydrogens (tertiary/aromatic N) is 3. The largest absolute Gasteiger partial charge is 0.330 e. The third kappa shape index (κ3) is 2.26. The number of hydrogen-bond acceptors (Lipinski definition) is 2. The van der Waals surface area contributed by atoms with Crippen LogP contribution in [0.2, 0.25) is 0 Å². The smallest absolute Gasteiger partial charge is 0.127 e. The van der Waals surface area contributed by atoms with E-state index >= 15 is 0 Å². The molecule has 2 rings (SSSR count). The van der Waals surface area contributed by atoms with Crippen LogP contribution in [0.15, 0.2) is 4.60 Å². The van der Waals surface area contributed by atoms with Crippen LogP contribution < -0.4 is 0 Å². The predicted molar refractivity (Wildman–Crippen MR) is 64.8 cm³/mol. The van der Waals surface area contributed by atoms with Crippen LogP contribution in [0.25, 0.3) is 0 Å². The van der Waals surface area contributed by atoms with Crippen molar-refractivity contribution < 1.29 is 0 Å². The average molecular weight is 272 g/mol. The van der Waals surface area contributed by atoms with Gasteiger partial charge < -0.3 is 9.47 Å². The van der Waals surface area contributed by atoms with E-state index in [0.717, 1.165) is 30.0 Å². The first-order chi connectivity index (χ1) is 7.08. The zero-order valence-electron chi connectivity index (χ0n) is 9.63. The summed E-state index contributed by atoms with van der Waals surface area (Å²) in [6, 6.07) is 0. The van der Waals surface area contributed by atoms with Crippen molar-refractivity contribution in [3.05, 3.63) is 16.1 Å². The van der Waals surface area contributed by atoms with E-state index in [9.17, 15) is 0 Å². The minimum Gasteiger partial charge on any atom is -0.330 e. The first-order valence-electron chi connectivity index (χ1n) is 5.46.